The zero-order valence-electron chi connectivity index (χ0n) is 67.8. The van der Waals surface area contributed by atoms with Crippen LogP contribution in [0.5, 0.6) is 5.75 Å². The third kappa shape index (κ3) is 28.0. The molecular formula is C90H105NO29S2. The number of benzene rings is 6. The molecule has 6 aromatic rings. The van der Waals surface area contributed by atoms with E-state index in [-0.39, 0.29) is 88.9 Å². The van der Waals surface area contributed by atoms with Crippen molar-refractivity contribution in [2.75, 3.05) is 12.4 Å². The molecule has 0 aromatic heterocycles. The fourth-order valence-corrected chi connectivity index (χ4v) is 12.9. The molecule has 30 nitrogen and oxygen atoms in total. The Morgan fingerprint density at radius 1 is 0.533 bits per heavy atom. The van der Waals surface area contributed by atoms with Crippen molar-refractivity contribution in [3.05, 3.63) is 243 Å². The molecular weight excluding hydrogens is 1620 g/mol. The first-order chi connectivity index (χ1) is 57.8. The molecule has 4 unspecified atom stereocenters. The third-order valence-corrected chi connectivity index (χ3v) is 19.7. The maximum atomic E-state index is 12.5. The summed E-state index contributed by atoms with van der Waals surface area (Å²) in [6, 6.07) is 35.6. The zero-order chi connectivity index (χ0) is 89.2. The molecule has 0 saturated carbocycles. The lowest BCUT2D eigenvalue weighted by molar-refractivity contribution is -0.327. The van der Waals surface area contributed by atoms with Gasteiger partial charge in [-0.2, -0.15) is 21.0 Å². The van der Waals surface area contributed by atoms with Crippen LogP contribution in [0, 0.1) is 5.92 Å². The average molecular weight is 1730 g/mol. The number of thiol groups is 1. The van der Waals surface area contributed by atoms with Crippen molar-refractivity contribution in [3.63, 3.8) is 0 Å². The summed E-state index contributed by atoms with van der Waals surface area (Å²) < 4.78 is 72.3. The summed E-state index contributed by atoms with van der Waals surface area (Å²) in [4.78, 5) is 128. The van der Waals surface area contributed by atoms with Crippen LogP contribution in [0.3, 0.4) is 0 Å². The van der Waals surface area contributed by atoms with Crippen LogP contribution >= 0.6 is 12.6 Å². The smallest absolute Gasteiger partial charge is 0.348 e. The van der Waals surface area contributed by atoms with Crippen LogP contribution < -0.4 is 10.1 Å². The van der Waals surface area contributed by atoms with Crippen LogP contribution in [0.15, 0.2) is 181 Å². The van der Waals surface area contributed by atoms with E-state index in [4.69, 9.17) is 37.7 Å². The summed E-state index contributed by atoms with van der Waals surface area (Å²) in [5, 5.41) is 71.0. The fourth-order valence-electron chi connectivity index (χ4n) is 12.0. The second-order valence-corrected chi connectivity index (χ2v) is 29.6. The second kappa shape index (κ2) is 50.3. The molecule has 6 aromatic carbocycles. The minimum Gasteiger partial charge on any atom is -0.461 e. The number of amides is 1. The molecule has 0 bridgehead atoms. The molecule has 11 rings (SSSR count). The topological polar surface area (TPSA) is 470 Å². The largest absolute Gasteiger partial charge is 0.461 e. The number of allylic oxidation sites excluding steroid dienone is 7. The van der Waals surface area contributed by atoms with Crippen molar-refractivity contribution in [1.29, 1.82) is 0 Å². The number of aldehydes is 1. The Morgan fingerprint density at radius 3 is 1.47 bits per heavy atom. The quantitative estimate of drug-likeness (QED) is 0.00521. The Bertz CT molecular complexity index is 4910. The molecule has 122 heavy (non-hydrogen) atoms. The SMILES string of the molecule is C.C/C=C/C=C1\OC(=O)c2c(O[C@@H]3OC(CO)[C@@H](O)C(O)[C@@H]3O)cccc21.C/C=C/C=C1\OC(=O)c2c1cccc2S(=O)(=O)O.CC(C)C/C=C1\OC(=O)c2ccccc21.CCCCC(=O)c1ccccc1C(=O)N[C@H](C=O)CS.CCCCC(=O)c1ccccc1C(=O)O[C@@H]1OC(OC=O)[C@H](O)C(O)[C@@H]1O.CCCCC(=O)c1ccccc1C(C)=O. The van der Waals surface area contributed by atoms with Gasteiger partial charge in [-0.25, -0.2) is 19.2 Å². The lowest BCUT2D eigenvalue weighted by Crippen LogP contribution is -2.60. The average Bonchev–Trinajstić information content (AvgIpc) is 1.59. The van der Waals surface area contributed by atoms with Gasteiger partial charge in [0.15, 0.2) is 23.1 Å². The molecule has 11 atom stereocenters. The monoisotopic (exact) mass is 1730 g/mol. The van der Waals surface area contributed by atoms with Gasteiger partial charge >= 0.3 is 23.9 Å². The number of unbranched alkanes of at least 4 members (excludes halogenated alkanes) is 3. The molecule has 5 aliphatic heterocycles. The summed E-state index contributed by atoms with van der Waals surface area (Å²) >= 11 is 3.98. The Kier molecular flexibility index (Phi) is 41.9. The number of nitrogens with one attached hydrogen (secondary N) is 1. The molecule has 2 saturated heterocycles. The predicted molar refractivity (Wildman–Crippen MR) is 451 cm³/mol. The number of ketones is 4. The van der Waals surface area contributed by atoms with Crippen molar-refractivity contribution in [3.8, 4) is 5.75 Å². The first-order valence-electron chi connectivity index (χ1n) is 38.9. The van der Waals surface area contributed by atoms with Crippen LogP contribution in [0.1, 0.15) is 237 Å². The van der Waals surface area contributed by atoms with Crippen molar-refractivity contribution in [2.24, 2.45) is 5.92 Å². The van der Waals surface area contributed by atoms with Gasteiger partial charge in [-0.3, -0.25) is 38.1 Å². The summed E-state index contributed by atoms with van der Waals surface area (Å²) in [5.41, 5.74) is 4.47. The number of ether oxygens (including phenoxy) is 8. The number of hydrogen-bond donors (Lipinski definition) is 10. The second-order valence-electron chi connectivity index (χ2n) is 27.8. The molecule has 5 heterocycles. The number of carbonyl (C=O) groups is 11. The predicted octanol–water partition coefficient (Wildman–Crippen LogP) is 11.6. The Morgan fingerprint density at radius 2 is 0.975 bits per heavy atom. The van der Waals surface area contributed by atoms with E-state index in [1.54, 1.807) is 128 Å². The van der Waals surface area contributed by atoms with Gasteiger partial charge in [0.2, 0.25) is 18.9 Å². The number of Topliss-reactive ketones (excluding diaryl/α,β-unsaturated/α-hetero) is 4. The fraction of sp³-hybridized carbons (Fsp3) is 0.367. The Labute approximate surface area is 713 Å². The minimum absolute atomic E-state index is 0. The summed E-state index contributed by atoms with van der Waals surface area (Å²) in [5.74, 6) is -1.04. The molecule has 2 fully saturated rings. The molecule has 656 valence electrons. The summed E-state index contributed by atoms with van der Waals surface area (Å²) in [6.07, 6.45) is 4.24. The van der Waals surface area contributed by atoms with Gasteiger partial charge in [-0.05, 0) is 101 Å². The molecule has 5 aliphatic rings. The maximum Gasteiger partial charge on any atom is 0.348 e. The molecule has 32 heteroatoms. The molecule has 0 radical (unpaired) electrons. The number of esters is 4. The van der Waals surface area contributed by atoms with Crippen molar-refractivity contribution in [1.82, 2.24) is 5.32 Å². The van der Waals surface area contributed by atoms with Gasteiger partial charge < -0.3 is 79.0 Å². The van der Waals surface area contributed by atoms with E-state index in [0.717, 1.165) is 50.2 Å². The van der Waals surface area contributed by atoms with E-state index in [2.05, 4.69) is 36.5 Å². The Hall–Kier alpha value is -11.1. The number of aliphatic hydroxyl groups excluding tert-OH is 7. The van der Waals surface area contributed by atoms with E-state index < -0.39 is 113 Å². The highest BCUT2D eigenvalue weighted by atomic mass is 32.2. The highest BCUT2D eigenvalue weighted by molar-refractivity contribution is 7.86. The van der Waals surface area contributed by atoms with Gasteiger partial charge in [0.25, 0.3) is 22.5 Å². The number of rotatable bonds is 29. The minimum atomic E-state index is -4.45. The van der Waals surface area contributed by atoms with E-state index in [1.165, 1.54) is 31.2 Å². The van der Waals surface area contributed by atoms with Crippen LogP contribution in [0.25, 0.3) is 17.3 Å². The van der Waals surface area contributed by atoms with Crippen LogP contribution in [-0.2, 0) is 52.9 Å². The van der Waals surface area contributed by atoms with Crippen LogP contribution in [-0.4, -0.2) is 194 Å². The van der Waals surface area contributed by atoms with Crippen LogP contribution in [0.2, 0.25) is 0 Å². The maximum absolute atomic E-state index is 12.5. The molecule has 1 amide bonds. The normalized spacial score (nSPS) is 20.9. The van der Waals surface area contributed by atoms with E-state index >= 15 is 0 Å². The number of cyclic esters (lactones) is 3. The van der Waals surface area contributed by atoms with Crippen molar-refractivity contribution >= 4 is 106 Å². The first kappa shape index (κ1) is 101. The number of hydrogen-bond acceptors (Lipinski definition) is 29. The highest BCUT2D eigenvalue weighted by Gasteiger charge is 2.48. The lowest BCUT2D eigenvalue weighted by atomic mass is 9.98. The number of carbonyl (C=O) groups excluding carboxylic acids is 11. The Balaban J connectivity index is 0.000000264. The highest BCUT2D eigenvalue weighted by Crippen LogP contribution is 2.39. The number of fused-ring (bicyclic) bond motifs is 3. The van der Waals surface area contributed by atoms with Gasteiger partial charge in [-0.1, -0.05) is 189 Å². The molecule has 0 aliphatic carbocycles. The number of aliphatic hydroxyl groups is 7. The zero-order valence-corrected chi connectivity index (χ0v) is 69.5. The van der Waals surface area contributed by atoms with Gasteiger partial charge in [0.1, 0.15) is 82.5 Å². The standard InChI is InChI=1S/C18H22O9.C18H20O8.C15H19NO3S.C13H14O2.C13H16O2.C12H10O5S.CH4/c1-2-3-8-12(20)10-6-4-5-7-11(10)16(24)26-18-15(23)13(21)14(22)17(27-18)25-9-19;1-2-3-6-10-9-5-4-7-11(13(9)17(23)24-10)25-18-16(22)15(21)14(20)12(8-19)26-18;1-2-3-8-14(18)12-6-4-5-7-13(12)15(19)16-11(9-17)10-20;1-9(2)7-8-12-10-5-3-4-6-11(10)13(14)15-12;1-3-4-9-13(15)12-8-6-5-7-11(12)10(2)14;1-2-3-6-9-8-5-4-7-10(18(14,15)16)11(8)12(13)17-9;/h4-7,9,13-15,17-18,21-23H,2-3,8H2,1H3;2-7,12,14-16,18-22H,8H2,1H3;4-7,9,11,20H,2-3,8,10H2,1H3,(H,16,19);3-6,8-9H,7H2,1-2H3;5-8H,3-4,9H2,1-2H3;2-7H,1H3,(H,14,15,16);1H4/b;3-2+,10-6-;;12-8-;;3-2+,9-6-;/t13?,14-,15+,17?,18-;12?,14-,15?,16+,18-;11-;;;;/m111..../s1. The van der Waals surface area contributed by atoms with E-state index in [0.29, 0.717) is 81.9 Å². The molecule has 0 spiro atoms. The lowest BCUT2D eigenvalue weighted by Gasteiger charge is -2.39. The molecule has 9 N–H and O–H groups in total. The first-order valence-corrected chi connectivity index (χ1v) is 41.0. The third-order valence-electron chi connectivity index (χ3n) is 18.5. The summed E-state index contributed by atoms with van der Waals surface area (Å²) in [7, 11) is -4.45. The van der Waals surface area contributed by atoms with E-state index in [9.17, 15) is 96.9 Å². The van der Waals surface area contributed by atoms with Gasteiger partial charge in [0, 0.05) is 64.0 Å². The van der Waals surface area contributed by atoms with Crippen molar-refractivity contribution < 1.29 is 139 Å². The summed E-state index contributed by atoms with van der Waals surface area (Å²) in [6.45, 7) is 14.8. The van der Waals surface area contributed by atoms with Gasteiger partial charge in [-0.15, -0.1) is 0 Å². The van der Waals surface area contributed by atoms with Crippen LogP contribution in [0.4, 0.5) is 0 Å². The van der Waals surface area contributed by atoms with Crippen molar-refractivity contribution in [2.45, 2.75) is 200 Å². The van der Waals surface area contributed by atoms with Gasteiger partial charge in [0.05, 0.1) is 34.9 Å². The van der Waals surface area contributed by atoms with E-state index in [1.807, 2.05) is 52.0 Å².